The summed E-state index contributed by atoms with van der Waals surface area (Å²) < 4.78 is 24.0. The maximum Gasteiger partial charge on any atom is 0.165 e. The van der Waals surface area contributed by atoms with E-state index in [1.54, 1.807) is 18.2 Å². The van der Waals surface area contributed by atoms with E-state index in [0.717, 1.165) is 45.7 Å². The largest absolute Gasteiger partial charge is 0.491 e. The van der Waals surface area contributed by atoms with Crippen LogP contribution in [0.15, 0.2) is 24.3 Å². The number of benzene rings is 1. The highest BCUT2D eigenvalue weighted by molar-refractivity contribution is 5.23. The minimum atomic E-state index is -0.282. The highest BCUT2D eigenvalue weighted by Crippen LogP contribution is 2.15. The maximum atomic E-state index is 13.3. The molecule has 1 saturated heterocycles. The summed E-state index contributed by atoms with van der Waals surface area (Å²) in [4.78, 5) is 2.43. The smallest absolute Gasteiger partial charge is 0.165 e. The van der Waals surface area contributed by atoms with Crippen molar-refractivity contribution in [2.24, 2.45) is 0 Å². The molecule has 1 aromatic rings. The van der Waals surface area contributed by atoms with Gasteiger partial charge in [-0.25, -0.2) is 4.39 Å². The fourth-order valence-electron chi connectivity index (χ4n) is 2.18. The normalized spacial score (nSPS) is 16.5. The molecule has 1 heterocycles. The van der Waals surface area contributed by atoms with E-state index in [-0.39, 0.29) is 5.82 Å². The van der Waals surface area contributed by atoms with E-state index in [2.05, 4.69) is 4.90 Å². The third kappa shape index (κ3) is 5.17. The van der Waals surface area contributed by atoms with Crippen LogP contribution in [0.25, 0.3) is 0 Å². The van der Waals surface area contributed by atoms with Gasteiger partial charge in [0.2, 0.25) is 0 Å². The second kappa shape index (κ2) is 8.12. The minimum Gasteiger partial charge on any atom is -0.491 e. The molecule has 0 atom stereocenters. The van der Waals surface area contributed by atoms with E-state index >= 15 is 0 Å². The Morgan fingerprint density at radius 1 is 1.11 bits per heavy atom. The third-order valence-corrected chi connectivity index (χ3v) is 3.32. The number of morpholine rings is 1. The Labute approximate surface area is 114 Å². The van der Waals surface area contributed by atoms with E-state index in [4.69, 9.17) is 9.47 Å². The van der Waals surface area contributed by atoms with Crippen LogP contribution in [0.5, 0.6) is 5.75 Å². The molecule has 1 fully saturated rings. The Bertz CT molecular complexity index is 367. The van der Waals surface area contributed by atoms with Gasteiger partial charge in [-0.05, 0) is 37.9 Å². The fourth-order valence-corrected chi connectivity index (χ4v) is 2.18. The number of hydrogen-bond donors (Lipinski definition) is 0. The first kappa shape index (κ1) is 14.3. The molecule has 19 heavy (non-hydrogen) atoms. The number of nitrogens with zero attached hydrogens (tertiary/aromatic N) is 1. The molecule has 106 valence electrons. The van der Waals surface area contributed by atoms with Gasteiger partial charge < -0.3 is 9.47 Å². The lowest BCUT2D eigenvalue weighted by Gasteiger charge is -2.26. The molecule has 0 saturated carbocycles. The summed E-state index contributed by atoms with van der Waals surface area (Å²) in [7, 11) is 0. The van der Waals surface area contributed by atoms with Gasteiger partial charge in [-0.15, -0.1) is 0 Å². The first-order valence-corrected chi connectivity index (χ1v) is 7.04. The molecular weight excluding hydrogens is 245 g/mol. The lowest BCUT2D eigenvalue weighted by Crippen LogP contribution is -2.36. The standard InChI is InChI=1S/C15H22FNO2/c16-14-6-2-3-7-15(14)19-11-5-1-4-8-17-9-12-18-13-10-17/h2-3,6-7H,1,4-5,8-13H2. The average molecular weight is 267 g/mol. The number of para-hydroxylation sites is 1. The van der Waals surface area contributed by atoms with Crippen molar-refractivity contribution in [3.8, 4) is 5.75 Å². The zero-order chi connectivity index (χ0) is 13.3. The molecule has 2 rings (SSSR count). The van der Waals surface area contributed by atoms with Crippen molar-refractivity contribution >= 4 is 0 Å². The lowest BCUT2D eigenvalue weighted by atomic mass is 10.2. The van der Waals surface area contributed by atoms with Gasteiger partial charge in [0.1, 0.15) is 0 Å². The van der Waals surface area contributed by atoms with Crippen LogP contribution in [0.3, 0.4) is 0 Å². The van der Waals surface area contributed by atoms with E-state index in [1.165, 1.54) is 12.5 Å². The van der Waals surface area contributed by atoms with Gasteiger partial charge in [0.05, 0.1) is 19.8 Å². The Morgan fingerprint density at radius 2 is 1.89 bits per heavy atom. The molecule has 0 radical (unpaired) electrons. The number of ether oxygens (including phenoxy) is 2. The Balaban J connectivity index is 1.51. The first-order valence-electron chi connectivity index (χ1n) is 7.04. The van der Waals surface area contributed by atoms with Crippen molar-refractivity contribution in [1.82, 2.24) is 4.90 Å². The van der Waals surface area contributed by atoms with Gasteiger partial charge in [-0.1, -0.05) is 12.1 Å². The topological polar surface area (TPSA) is 21.7 Å². The van der Waals surface area contributed by atoms with E-state index < -0.39 is 0 Å². The minimum absolute atomic E-state index is 0.282. The highest BCUT2D eigenvalue weighted by Gasteiger charge is 2.09. The molecule has 1 aromatic carbocycles. The predicted octanol–water partition coefficient (Wildman–Crippen LogP) is 2.71. The molecule has 0 aliphatic carbocycles. The van der Waals surface area contributed by atoms with Crippen molar-refractivity contribution in [2.75, 3.05) is 39.5 Å². The van der Waals surface area contributed by atoms with Gasteiger partial charge in [0.15, 0.2) is 11.6 Å². The third-order valence-electron chi connectivity index (χ3n) is 3.32. The van der Waals surface area contributed by atoms with Crippen LogP contribution in [-0.2, 0) is 4.74 Å². The Kier molecular flexibility index (Phi) is 6.11. The molecular formula is C15H22FNO2. The summed E-state index contributed by atoms with van der Waals surface area (Å²) in [5, 5.41) is 0. The van der Waals surface area contributed by atoms with Crippen LogP contribution < -0.4 is 4.74 Å². The van der Waals surface area contributed by atoms with E-state index in [9.17, 15) is 4.39 Å². The summed E-state index contributed by atoms with van der Waals surface area (Å²) >= 11 is 0. The van der Waals surface area contributed by atoms with E-state index in [0.29, 0.717) is 12.4 Å². The molecule has 3 nitrogen and oxygen atoms in total. The molecule has 1 aliphatic rings. The monoisotopic (exact) mass is 267 g/mol. The van der Waals surface area contributed by atoms with E-state index in [1.807, 2.05) is 0 Å². The lowest BCUT2D eigenvalue weighted by molar-refractivity contribution is 0.0370. The summed E-state index contributed by atoms with van der Waals surface area (Å²) in [6.07, 6.45) is 3.26. The van der Waals surface area contributed by atoms with Crippen molar-refractivity contribution < 1.29 is 13.9 Å². The van der Waals surface area contributed by atoms with Crippen molar-refractivity contribution in [3.63, 3.8) is 0 Å². The van der Waals surface area contributed by atoms with Gasteiger partial charge >= 0.3 is 0 Å². The van der Waals surface area contributed by atoms with Crippen LogP contribution in [0.2, 0.25) is 0 Å². The van der Waals surface area contributed by atoms with Gasteiger partial charge in [0.25, 0.3) is 0 Å². The van der Waals surface area contributed by atoms with Crippen molar-refractivity contribution in [3.05, 3.63) is 30.1 Å². The maximum absolute atomic E-state index is 13.3. The molecule has 0 spiro atoms. The molecule has 0 bridgehead atoms. The Morgan fingerprint density at radius 3 is 2.68 bits per heavy atom. The van der Waals surface area contributed by atoms with Crippen LogP contribution in [0, 0.1) is 5.82 Å². The zero-order valence-electron chi connectivity index (χ0n) is 11.3. The second-order valence-electron chi connectivity index (χ2n) is 4.79. The van der Waals surface area contributed by atoms with Crippen LogP contribution in [0.4, 0.5) is 4.39 Å². The van der Waals surface area contributed by atoms with Crippen LogP contribution in [0.1, 0.15) is 19.3 Å². The second-order valence-corrected chi connectivity index (χ2v) is 4.79. The molecule has 0 amide bonds. The summed E-state index contributed by atoms with van der Waals surface area (Å²) in [5.74, 6) is 0.0755. The number of unbranched alkanes of at least 4 members (excludes halogenated alkanes) is 2. The molecule has 0 N–H and O–H groups in total. The first-order chi connectivity index (χ1) is 9.36. The fraction of sp³-hybridized carbons (Fsp3) is 0.600. The summed E-state index contributed by atoms with van der Waals surface area (Å²) in [6, 6.07) is 6.55. The molecule has 0 unspecified atom stereocenters. The number of halogens is 1. The molecule has 0 aromatic heterocycles. The van der Waals surface area contributed by atoms with Gasteiger partial charge in [-0.2, -0.15) is 0 Å². The molecule has 1 aliphatic heterocycles. The quantitative estimate of drug-likeness (QED) is 0.709. The molecule has 4 heteroatoms. The van der Waals surface area contributed by atoms with Crippen LogP contribution in [-0.4, -0.2) is 44.4 Å². The van der Waals surface area contributed by atoms with Gasteiger partial charge in [0, 0.05) is 13.1 Å². The Hall–Kier alpha value is -1.13. The average Bonchev–Trinajstić information content (AvgIpc) is 2.45. The zero-order valence-corrected chi connectivity index (χ0v) is 11.3. The predicted molar refractivity (Wildman–Crippen MR) is 73.0 cm³/mol. The van der Waals surface area contributed by atoms with Crippen molar-refractivity contribution in [1.29, 1.82) is 0 Å². The van der Waals surface area contributed by atoms with Crippen molar-refractivity contribution in [2.45, 2.75) is 19.3 Å². The number of rotatable bonds is 7. The summed E-state index contributed by atoms with van der Waals surface area (Å²) in [5.41, 5.74) is 0. The van der Waals surface area contributed by atoms with Crippen LogP contribution >= 0.6 is 0 Å². The number of hydrogen-bond acceptors (Lipinski definition) is 3. The van der Waals surface area contributed by atoms with Gasteiger partial charge in [-0.3, -0.25) is 4.90 Å². The summed E-state index contributed by atoms with van der Waals surface area (Å²) in [6.45, 7) is 5.53. The highest BCUT2D eigenvalue weighted by atomic mass is 19.1. The SMILES string of the molecule is Fc1ccccc1OCCCCCN1CCOCC1.